The number of nitrogens with one attached hydrogen (secondary N) is 1. The lowest BCUT2D eigenvalue weighted by molar-refractivity contribution is -0.134. The minimum absolute atomic E-state index is 0.0146. The second kappa shape index (κ2) is 12.0. The summed E-state index contributed by atoms with van der Waals surface area (Å²) in [4.78, 5) is 46.0. The molecule has 0 radical (unpaired) electrons. The molecule has 3 N–H and O–H groups in total. The van der Waals surface area contributed by atoms with Gasteiger partial charge in [-0.3, -0.25) is 19.4 Å². The van der Waals surface area contributed by atoms with E-state index in [2.05, 4.69) is 11.9 Å². The molecule has 7 nitrogen and oxygen atoms in total. The predicted molar refractivity (Wildman–Crippen MR) is 143 cm³/mol. The third-order valence-corrected chi connectivity index (χ3v) is 6.65. The number of nitrogens with zero attached hydrogens (tertiary/aromatic N) is 2. The number of allylic oxidation sites excluding steroid dienone is 4. The highest BCUT2D eigenvalue weighted by Crippen LogP contribution is 2.30. The van der Waals surface area contributed by atoms with Crippen molar-refractivity contribution in [1.29, 1.82) is 0 Å². The lowest BCUT2D eigenvalue weighted by Gasteiger charge is -2.33. The Balaban J connectivity index is 2.04. The van der Waals surface area contributed by atoms with Gasteiger partial charge in [0.2, 0.25) is 17.6 Å². The molecule has 2 aliphatic rings. The highest BCUT2D eigenvalue weighted by molar-refractivity contribution is 6.19. The largest absolute Gasteiger partial charge is 0.369 e. The zero-order valence-corrected chi connectivity index (χ0v) is 21.7. The molecule has 0 bridgehead atoms. The number of hydrogen-bond donors (Lipinski definition) is 2. The van der Waals surface area contributed by atoms with E-state index in [9.17, 15) is 14.4 Å². The second-order valence-corrected chi connectivity index (χ2v) is 10.2. The van der Waals surface area contributed by atoms with Gasteiger partial charge >= 0.3 is 0 Å². The topological polar surface area (TPSA) is 105 Å². The van der Waals surface area contributed by atoms with Crippen molar-refractivity contribution < 1.29 is 14.4 Å². The van der Waals surface area contributed by atoms with E-state index in [1.807, 2.05) is 69.0 Å². The van der Waals surface area contributed by atoms with Gasteiger partial charge in [0.15, 0.2) is 0 Å². The number of primary amides is 1. The number of ketones is 1. The van der Waals surface area contributed by atoms with Crippen LogP contribution in [0.3, 0.4) is 0 Å². The molecule has 3 rings (SSSR count). The summed E-state index contributed by atoms with van der Waals surface area (Å²) in [5.41, 5.74) is 8.78. The van der Waals surface area contributed by atoms with Crippen LogP contribution in [0.1, 0.15) is 52.5 Å². The molecule has 3 atom stereocenters. The van der Waals surface area contributed by atoms with Crippen molar-refractivity contribution in [1.82, 2.24) is 10.2 Å². The van der Waals surface area contributed by atoms with Crippen LogP contribution in [-0.2, 0) is 14.4 Å². The Kier molecular flexibility index (Phi) is 9.02. The first-order valence-electron chi connectivity index (χ1n) is 12.7. The van der Waals surface area contributed by atoms with Gasteiger partial charge in [0.25, 0.3) is 0 Å². The zero-order chi connectivity index (χ0) is 26.4. The van der Waals surface area contributed by atoms with Crippen molar-refractivity contribution in [2.75, 3.05) is 6.54 Å². The molecule has 1 aromatic carbocycles. The quantitative estimate of drug-likeness (QED) is 0.487. The molecule has 1 aliphatic carbocycles. The number of amides is 2. The van der Waals surface area contributed by atoms with Crippen LogP contribution < -0.4 is 11.1 Å². The van der Waals surface area contributed by atoms with Gasteiger partial charge in [-0.15, -0.1) is 6.58 Å². The minimum atomic E-state index is -0.647. The second-order valence-electron chi connectivity index (χ2n) is 10.2. The fourth-order valence-electron chi connectivity index (χ4n) is 4.97. The molecule has 7 heteroatoms. The Morgan fingerprint density at radius 1 is 1.19 bits per heavy atom. The summed E-state index contributed by atoms with van der Waals surface area (Å²) in [6.07, 6.45) is 5.92. The highest BCUT2D eigenvalue weighted by Gasteiger charge is 2.36. The molecular weight excluding hydrogens is 452 g/mol. The van der Waals surface area contributed by atoms with Crippen molar-refractivity contribution >= 4 is 23.3 Å². The van der Waals surface area contributed by atoms with E-state index in [1.54, 1.807) is 12.2 Å². The molecule has 0 saturated carbocycles. The smallest absolute Gasteiger partial charge is 0.225 e. The van der Waals surface area contributed by atoms with Gasteiger partial charge in [-0.05, 0) is 45.1 Å². The Bertz CT molecular complexity index is 1080. The maximum Gasteiger partial charge on any atom is 0.225 e. The third-order valence-electron chi connectivity index (χ3n) is 6.65. The van der Waals surface area contributed by atoms with Crippen LogP contribution in [0, 0.1) is 17.8 Å². The van der Waals surface area contributed by atoms with Crippen LogP contribution in [0.2, 0.25) is 0 Å². The molecule has 1 aromatic rings. The molecule has 0 spiro atoms. The Morgan fingerprint density at radius 3 is 2.47 bits per heavy atom. The van der Waals surface area contributed by atoms with E-state index in [0.717, 1.165) is 11.1 Å². The van der Waals surface area contributed by atoms with E-state index < -0.39 is 23.9 Å². The van der Waals surface area contributed by atoms with E-state index in [4.69, 9.17) is 10.7 Å². The van der Waals surface area contributed by atoms with Crippen molar-refractivity contribution in [2.24, 2.45) is 28.5 Å². The molecular formula is C29H38N4O3. The van der Waals surface area contributed by atoms with Crippen molar-refractivity contribution in [3.8, 4) is 0 Å². The first kappa shape index (κ1) is 27.1. The number of nitrogens with two attached hydrogens (primary N) is 1. The lowest BCUT2D eigenvalue weighted by Crippen LogP contribution is -2.49. The first-order chi connectivity index (χ1) is 17.1. The number of rotatable bonds is 10. The van der Waals surface area contributed by atoms with Crippen molar-refractivity contribution in [3.63, 3.8) is 0 Å². The number of hydrogen-bond acceptors (Lipinski definition) is 5. The summed E-state index contributed by atoms with van der Waals surface area (Å²) in [6, 6.07) is 9.74. The summed E-state index contributed by atoms with van der Waals surface area (Å²) in [7, 11) is 0. The number of benzene rings is 1. The Morgan fingerprint density at radius 2 is 1.89 bits per heavy atom. The molecule has 192 valence electrons. The summed E-state index contributed by atoms with van der Waals surface area (Å²) in [5.74, 6) is -1.89. The normalized spacial score (nSPS) is 19.5. The molecule has 1 heterocycles. The number of aliphatic imine (C=N–C) groups is 1. The molecule has 0 aromatic heterocycles. The van der Waals surface area contributed by atoms with Crippen molar-refractivity contribution in [2.45, 2.75) is 59.2 Å². The maximum absolute atomic E-state index is 13.6. The van der Waals surface area contributed by atoms with Crippen LogP contribution in [-0.4, -0.2) is 47.0 Å². The predicted octanol–water partition coefficient (Wildman–Crippen LogP) is 3.77. The SMILES string of the molecule is C=CCC(C(N)=O)C(CC(C)C)C(=O)NC1CN(C(C)C)C2=C(CC=CC2=O)C(c2ccccc2)=N1. The monoisotopic (exact) mass is 490 g/mol. The summed E-state index contributed by atoms with van der Waals surface area (Å²) >= 11 is 0. The lowest BCUT2D eigenvalue weighted by atomic mass is 9.82. The van der Waals surface area contributed by atoms with Crippen LogP contribution in [0.5, 0.6) is 0 Å². The molecule has 0 fully saturated rings. The van der Waals surface area contributed by atoms with E-state index in [1.165, 1.54) is 0 Å². The molecule has 2 amide bonds. The van der Waals surface area contributed by atoms with Gasteiger partial charge in [0.05, 0.1) is 29.8 Å². The van der Waals surface area contributed by atoms with Gasteiger partial charge in [-0.25, -0.2) is 0 Å². The summed E-state index contributed by atoms with van der Waals surface area (Å²) < 4.78 is 0. The Hall–Kier alpha value is -3.48. The molecule has 0 saturated heterocycles. The summed E-state index contributed by atoms with van der Waals surface area (Å²) in [6.45, 7) is 12.2. The van der Waals surface area contributed by atoms with Gasteiger partial charge in [-0.1, -0.05) is 56.3 Å². The van der Waals surface area contributed by atoms with Crippen LogP contribution >= 0.6 is 0 Å². The molecule has 3 unspecified atom stereocenters. The van der Waals surface area contributed by atoms with Gasteiger partial charge in [0.1, 0.15) is 6.17 Å². The number of carbonyl (C=O) groups excluding carboxylic acids is 3. The van der Waals surface area contributed by atoms with E-state index in [0.29, 0.717) is 37.2 Å². The van der Waals surface area contributed by atoms with Crippen LogP contribution in [0.4, 0.5) is 0 Å². The van der Waals surface area contributed by atoms with Gasteiger partial charge in [-0.2, -0.15) is 0 Å². The third kappa shape index (κ3) is 6.20. The van der Waals surface area contributed by atoms with Crippen LogP contribution in [0.25, 0.3) is 0 Å². The average molecular weight is 491 g/mol. The first-order valence-corrected chi connectivity index (χ1v) is 12.7. The standard InChI is InChI=1S/C29H38N4O3/c1-6-11-21(28(30)35)23(16-18(2)3)29(36)32-25-17-33(19(4)5)27-22(14-10-15-24(27)34)26(31-25)20-12-8-7-9-13-20/h6-10,12-13,15,18-19,21,23,25H,1,11,14,16-17H2,2-5H3,(H2,30,35)(H,32,36). The molecule has 36 heavy (non-hydrogen) atoms. The van der Waals surface area contributed by atoms with Gasteiger partial charge in [0, 0.05) is 17.2 Å². The minimum Gasteiger partial charge on any atom is -0.369 e. The summed E-state index contributed by atoms with van der Waals surface area (Å²) in [5, 5.41) is 3.10. The van der Waals surface area contributed by atoms with Crippen molar-refractivity contribution in [3.05, 3.63) is 72.0 Å². The fourth-order valence-corrected chi connectivity index (χ4v) is 4.97. The fraction of sp³-hybridized carbons (Fsp3) is 0.448. The maximum atomic E-state index is 13.6. The zero-order valence-electron chi connectivity index (χ0n) is 21.7. The van der Waals surface area contributed by atoms with Gasteiger partial charge < -0.3 is 16.0 Å². The van der Waals surface area contributed by atoms with E-state index >= 15 is 0 Å². The van der Waals surface area contributed by atoms with Crippen LogP contribution in [0.15, 0.2) is 71.4 Å². The highest BCUT2D eigenvalue weighted by atomic mass is 16.2. The Labute approximate surface area is 214 Å². The van der Waals surface area contributed by atoms with E-state index in [-0.39, 0.29) is 23.7 Å². The molecule has 1 aliphatic heterocycles. The average Bonchev–Trinajstić information content (AvgIpc) is 2.99. The number of carbonyl (C=O) groups is 3.